The second kappa shape index (κ2) is 18.4. The van der Waals surface area contributed by atoms with Crippen molar-refractivity contribution in [3.8, 4) is 23.0 Å². The van der Waals surface area contributed by atoms with Gasteiger partial charge >= 0.3 is 5.97 Å². The predicted molar refractivity (Wildman–Crippen MR) is 158 cm³/mol. The number of aromatic hydroxyl groups is 2. The molecule has 8 nitrogen and oxygen atoms in total. The van der Waals surface area contributed by atoms with Gasteiger partial charge in [0, 0.05) is 18.6 Å². The van der Waals surface area contributed by atoms with E-state index in [9.17, 15) is 30.0 Å². The zero-order valence-electron chi connectivity index (χ0n) is 23.4. The Balaban J connectivity index is 1.72. The van der Waals surface area contributed by atoms with Crippen molar-refractivity contribution >= 4 is 29.2 Å². The quantitative estimate of drug-likeness (QED) is 0.0794. The van der Waals surface area contributed by atoms with Crippen LogP contribution in [0.4, 0.5) is 5.69 Å². The number of amides is 1. The van der Waals surface area contributed by atoms with E-state index in [2.05, 4.69) is 12.2 Å². The first kappa shape index (κ1) is 33.2. The Kier molecular flexibility index (Phi) is 15.3. The molecule has 0 aliphatic rings. The average molecular weight is 578 g/mol. The Morgan fingerprint density at radius 1 is 0.850 bits per heavy atom. The summed E-state index contributed by atoms with van der Waals surface area (Å²) in [4.78, 5) is 23.8. The van der Waals surface area contributed by atoms with Gasteiger partial charge in [-0.2, -0.15) is 0 Å². The number of unbranched alkanes of at least 4 members (excludes halogenated alkanes) is 9. The van der Waals surface area contributed by atoms with Crippen LogP contribution in [0.3, 0.4) is 0 Å². The fourth-order valence-electron chi connectivity index (χ4n) is 4.47. The van der Waals surface area contributed by atoms with Gasteiger partial charge in [-0.25, -0.2) is 4.79 Å². The standard InChI is InChI=1S/C31H44ClNO7/c1-2-3-4-5-6-7-8-9-10-13-26(32)28(36)14-11-12-15-30(37)33-27-21-23(34)16-17-29(27)40-25-19-22(31(38)39)18-24(35)20-25/h16-21,26,28,34-36H,2-15H2,1H3,(H,33,37)(H,38,39). The maximum Gasteiger partial charge on any atom is 0.335 e. The number of benzene rings is 2. The van der Waals surface area contributed by atoms with Crippen LogP contribution in [0, 0.1) is 0 Å². The van der Waals surface area contributed by atoms with E-state index in [1.807, 2.05) is 0 Å². The van der Waals surface area contributed by atoms with Crippen molar-refractivity contribution < 1.29 is 34.8 Å². The highest BCUT2D eigenvalue weighted by atomic mass is 35.5. The molecular weight excluding hydrogens is 534 g/mol. The van der Waals surface area contributed by atoms with E-state index in [0.29, 0.717) is 19.3 Å². The number of aromatic carboxylic acids is 1. The maximum absolute atomic E-state index is 12.6. The van der Waals surface area contributed by atoms with E-state index in [4.69, 9.17) is 16.3 Å². The number of phenols is 2. The van der Waals surface area contributed by atoms with Gasteiger partial charge in [0.25, 0.3) is 0 Å². The number of carboxylic acids is 1. The number of carbonyl (C=O) groups excluding carboxylic acids is 1. The lowest BCUT2D eigenvalue weighted by molar-refractivity contribution is -0.116. The van der Waals surface area contributed by atoms with E-state index in [0.717, 1.165) is 25.3 Å². The molecular formula is C31H44ClNO7. The molecule has 2 atom stereocenters. The first-order valence-corrected chi connectivity index (χ1v) is 14.8. The van der Waals surface area contributed by atoms with Crippen LogP contribution < -0.4 is 10.1 Å². The first-order valence-electron chi connectivity index (χ1n) is 14.4. The van der Waals surface area contributed by atoms with Crippen molar-refractivity contribution in [2.45, 2.75) is 108 Å². The molecule has 0 saturated heterocycles. The second-order valence-electron chi connectivity index (χ2n) is 10.3. The zero-order valence-corrected chi connectivity index (χ0v) is 24.2. The Hall–Kier alpha value is -2.97. The molecule has 0 spiro atoms. The summed E-state index contributed by atoms with van der Waals surface area (Å²) in [6.45, 7) is 2.22. The minimum atomic E-state index is -1.23. The van der Waals surface area contributed by atoms with E-state index in [1.165, 1.54) is 75.3 Å². The third-order valence-electron chi connectivity index (χ3n) is 6.76. The van der Waals surface area contributed by atoms with Crippen molar-refractivity contribution in [1.29, 1.82) is 0 Å². The summed E-state index contributed by atoms with van der Waals surface area (Å²) in [7, 11) is 0. The number of hydrogen-bond acceptors (Lipinski definition) is 6. The lowest BCUT2D eigenvalue weighted by Gasteiger charge is -2.17. The van der Waals surface area contributed by atoms with E-state index in [1.54, 1.807) is 0 Å². The van der Waals surface area contributed by atoms with Crippen LogP contribution in [0.1, 0.15) is 107 Å². The smallest absolute Gasteiger partial charge is 0.335 e. The van der Waals surface area contributed by atoms with Gasteiger partial charge in [0.1, 0.15) is 17.2 Å². The highest BCUT2D eigenvalue weighted by molar-refractivity contribution is 6.21. The second-order valence-corrected chi connectivity index (χ2v) is 10.9. The lowest BCUT2D eigenvalue weighted by Crippen LogP contribution is -2.21. The van der Waals surface area contributed by atoms with Crippen molar-refractivity contribution in [3.63, 3.8) is 0 Å². The van der Waals surface area contributed by atoms with Gasteiger partial charge in [-0.1, -0.05) is 71.1 Å². The Labute approximate surface area is 242 Å². The van der Waals surface area contributed by atoms with Gasteiger partial charge in [-0.05, 0) is 43.5 Å². The summed E-state index contributed by atoms with van der Waals surface area (Å²) in [5.74, 6) is -1.67. The number of nitrogens with one attached hydrogen (secondary N) is 1. The number of halogens is 1. The van der Waals surface area contributed by atoms with E-state index in [-0.39, 0.29) is 52.0 Å². The highest BCUT2D eigenvalue weighted by Crippen LogP contribution is 2.34. The molecule has 0 saturated carbocycles. The topological polar surface area (TPSA) is 136 Å². The Morgan fingerprint density at radius 2 is 1.50 bits per heavy atom. The van der Waals surface area contributed by atoms with Gasteiger partial charge in [-0.3, -0.25) is 4.79 Å². The largest absolute Gasteiger partial charge is 0.508 e. The molecule has 1 amide bonds. The first-order chi connectivity index (χ1) is 19.2. The molecule has 0 radical (unpaired) electrons. The van der Waals surface area contributed by atoms with Crippen LogP contribution in [0.2, 0.25) is 0 Å². The van der Waals surface area contributed by atoms with Crippen molar-refractivity contribution in [1.82, 2.24) is 0 Å². The van der Waals surface area contributed by atoms with Crippen LogP contribution in [0.25, 0.3) is 0 Å². The number of aliphatic hydroxyl groups excluding tert-OH is 1. The summed E-state index contributed by atoms with van der Waals surface area (Å²) < 4.78 is 5.70. The number of phenolic OH excluding ortho intramolecular Hbond substituents is 2. The molecule has 2 rings (SSSR count). The number of anilines is 1. The molecule has 0 aliphatic heterocycles. The van der Waals surface area contributed by atoms with E-state index >= 15 is 0 Å². The molecule has 40 heavy (non-hydrogen) atoms. The summed E-state index contributed by atoms with van der Waals surface area (Å²) >= 11 is 6.40. The highest BCUT2D eigenvalue weighted by Gasteiger charge is 2.17. The third-order valence-corrected chi connectivity index (χ3v) is 7.27. The normalized spacial score (nSPS) is 12.6. The summed E-state index contributed by atoms with van der Waals surface area (Å²) in [6.07, 6.45) is 13.2. The SMILES string of the molecule is CCCCCCCCCCCC(Cl)C(O)CCCCC(=O)Nc1cc(O)ccc1Oc1cc(O)cc(C(=O)O)c1. The molecule has 222 valence electrons. The lowest BCUT2D eigenvalue weighted by atomic mass is 10.0. The van der Waals surface area contributed by atoms with Crippen LogP contribution in [-0.4, -0.2) is 43.8 Å². The Bertz CT molecular complexity index is 1060. The fraction of sp³-hybridized carbons (Fsp3) is 0.548. The van der Waals surface area contributed by atoms with Gasteiger partial charge in [-0.15, -0.1) is 11.6 Å². The molecule has 0 aromatic heterocycles. The van der Waals surface area contributed by atoms with Crippen molar-refractivity contribution in [2.75, 3.05) is 5.32 Å². The van der Waals surface area contributed by atoms with Crippen LogP contribution in [0.15, 0.2) is 36.4 Å². The monoisotopic (exact) mass is 577 g/mol. The van der Waals surface area contributed by atoms with Crippen LogP contribution >= 0.6 is 11.6 Å². The van der Waals surface area contributed by atoms with Gasteiger partial charge in [0.15, 0.2) is 5.75 Å². The maximum atomic E-state index is 12.6. The molecule has 9 heteroatoms. The minimum Gasteiger partial charge on any atom is -0.508 e. The number of aliphatic hydroxyl groups is 1. The number of rotatable bonds is 20. The van der Waals surface area contributed by atoms with Gasteiger partial charge in [0.2, 0.25) is 5.91 Å². The van der Waals surface area contributed by atoms with Crippen molar-refractivity contribution in [3.05, 3.63) is 42.0 Å². The predicted octanol–water partition coefficient (Wildman–Crippen LogP) is 7.98. The average Bonchev–Trinajstić information content (AvgIpc) is 2.91. The summed E-state index contributed by atoms with van der Waals surface area (Å²) in [5, 5.41) is 41.7. The van der Waals surface area contributed by atoms with Crippen LogP contribution in [-0.2, 0) is 4.79 Å². The molecule has 0 aliphatic carbocycles. The molecule has 0 heterocycles. The molecule has 2 aromatic rings. The fourth-order valence-corrected chi connectivity index (χ4v) is 4.75. The minimum absolute atomic E-state index is 0.0608. The molecule has 0 bridgehead atoms. The third kappa shape index (κ3) is 12.9. The molecule has 5 N–H and O–H groups in total. The zero-order chi connectivity index (χ0) is 29.3. The Morgan fingerprint density at radius 3 is 2.17 bits per heavy atom. The number of ether oxygens (including phenoxy) is 1. The molecule has 0 fully saturated rings. The van der Waals surface area contributed by atoms with Crippen LogP contribution in [0.5, 0.6) is 23.0 Å². The number of hydrogen-bond donors (Lipinski definition) is 5. The summed E-state index contributed by atoms with van der Waals surface area (Å²) in [5.41, 5.74) is 0.0425. The number of carbonyl (C=O) groups is 2. The number of carboxylic acid groups (broad SMARTS) is 1. The molecule has 2 unspecified atom stereocenters. The molecule has 2 aromatic carbocycles. The van der Waals surface area contributed by atoms with E-state index < -0.39 is 12.1 Å². The van der Waals surface area contributed by atoms with Crippen molar-refractivity contribution in [2.24, 2.45) is 0 Å². The summed E-state index contributed by atoms with van der Waals surface area (Å²) in [6, 6.07) is 7.70. The number of alkyl halides is 1. The van der Waals surface area contributed by atoms with Gasteiger partial charge in [0.05, 0.1) is 22.7 Å². The van der Waals surface area contributed by atoms with Gasteiger partial charge < -0.3 is 30.5 Å².